The van der Waals surface area contributed by atoms with Crippen molar-refractivity contribution in [1.82, 2.24) is 5.32 Å². The van der Waals surface area contributed by atoms with Gasteiger partial charge in [-0.15, -0.1) is 24.0 Å². The number of benzene rings is 1. The number of methoxy groups -OCH3 is 1. The van der Waals surface area contributed by atoms with Crippen molar-refractivity contribution >= 4 is 29.9 Å². The van der Waals surface area contributed by atoms with E-state index in [4.69, 9.17) is 10.5 Å². The Balaban J connectivity index is 0.00000256. The molecular weight excluding hydrogens is 329 g/mol. The number of aliphatic imine (C=N–C) groups is 1. The second-order valence-electron chi connectivity index (χ2n) is 3.69. The van der Waals surface area contributed by atoms with E-state index in [1.807, 2.05) is 37.3 Å². The van der Waals surface area contributed by atoms with Gasteiger partial charge in [0.15, 0.2) is 5.96 Å². The fraction of sp³-hybridized carbons (Fsp3) is 0.417. The van der Waals surface area contributed by atoms with Gasteiger partial charge >= 0.3 is 0 Å². The quantitative estimate of drug-likeness (QED) is 0.484. The number of nitrogens with two attached hydrogens (primary N) is 1. The SMILES string of the molecule is COCC(C)NC(N)=NCc1ccccc1.I. The number of halogens is 1. The molecule has 0 aromatic heterocycles. The molecule has 0 aliphatic rings. The minimum Gasteiger partial charge on any atom is -0.383 e. The van der Waals surface area contributed by atoms with Crippen LogP contribution in [0.5, 0.6) is 0 Å². The maximum absolute atomic E-state index is 5.74. The lowest BCUT2D eigenvalue weighted by molar-refractivity contribution is 0.179. The highest BCUT2D eigenvalue weighted by Gasteiger charge is 2.00. The van der Waals surface area contributed by atoms with Crippen molar-refractivity contribution in [3.63, 3.8) is 0 Å². The van der Waals surface area contributed by atoms with Gasteiger partial charge in [-0.1, -0.05) is 30.3 Å². The molecule has 96 valence electrons. The van der Waals surface area contributed by atoms with Crippen LogP contribution in [0.3, 0.4) is 0 Å². The van der Waals surface area contributed by atoms with Crippen molar-refractivity contribution in [1.29, 1.82) is 0 Å². The number of hydrogen-bond acceptors (Lipinski definition) is 2. The Morgan fingerprint density at radius 2 is 2.06 bits per heavy atom. The zero-order valence-electron chi connectivity index (χ0n) is 10.2. The van der Waals surface area contributed by atoms with Gasteiger partial charge < -0.3 is 15.8 Å². The topological polar surface area (TPSA) is 59.6 Å². The highest BCUT2D eigenvalue weighted by molar-refractivity contribution is 14.0. The van der Waals surface area contributed by atoms with Crippen LogP contribution in [0.4, 0.5) is 0 Å². The van der Waals surface area contributed by atoms with E-state index in [1.165, 1.54) is 0 Å². The molecule has 0 fully saturated rings. The number of nitrogens with one attached hydrogen (secondary N) is 1. The van der Waals surface area contributed by atoms with Gasteiger partial charge in [0.05, 0.1) is 13.2 Å². The van der Waals surface area contributed by atoms with Crippen molar-refractivity contribution in [3.05, 3.63) is 35.9 Å². The molecule has 0 saturated heterocycles. The summed E-state index contributed by atoms with van der Waals surface area (Å²) < 4.78 is 4.99. The molecule has 0 saturated carbocycles. The Kier molecular flexibility index (Phi) is 8.79. The summed E-state index contributed by atoms with van der Waals surface area (Å²) in [6.45, 7) is 3.20. The number of ether oxygens (including phenoxy) is 1. The molecule has 0 aliphatic carbocycles. The van der Waals surface area contributed by atoms with E-state index >= 15 is 0 Å². The van der Waals surface area contributed by atoms with Crippen molar-refractivity contribution in [3.8, 4) is 0 Å². The molecule has 17 heavy (non-hydrogen) atoms. The van der Waals surface area contributed by atoms with E-state index in [-0.39, 0.29) is 30.0 Å². The van der Waals surface area contributed by atoms with Crippen molar-refractivity contribution in [2.75, 3.05) is 13.7 Å². The average molecular weight is 349 g/mol. The first kappa shape index (κ1) is 16.2. The fourth-order valence-electron chi connectivity index (χ4n) is 1.35. The molecule has 3 N–H and O–H groups in total. The summed E-state index contributed by atoms with van der Waals surface area (Å²) in [5.41, 5.74) is 6.88. The fourth-order valence-corrected chi connectivity index (χ4v) is 1.35. The molecule has 1 aromatic carbocycles. The summed E-state index contributed by atoms with van der Waals surface area (Å²) in [5, 5.41) is 3.05. The minimum absolute atomic E-state index is 0. The summed E-state index contributed by atoms with van der Waals surface area (Å²) in [6.07, 6.45) is 0. The molecule has 1 rings (SSSR count). The Hall–Kier alpha value is -0.820. The molecule has 4 nitrogen and oxygen atoms in total. The monoisotopic (exact) mass is 349 g/mol. The second-order valence-corrected chi connectivity index (χ2v) is 3.69. The van der Waals surface area contributed by atoms with E-state index < -0.39 is 0 Å². The highest BCUT2D eigenvalue weighted by Crippen LogP contribution is 1.99. The van der Waals surface area contributed by atoms with Crippen LogP contribution in [-0.4, -0.2) is 25.7 Å². The van der Waals surface area contributed by atoms with Crippen molar-refractivity contribution in [2.24, 2.45) is 10.7 Å². The molecule has 1 aromatic rings. The van der Waals surface area contributed by atoms with Gasteiger partial charge in [0.1, 0.15) is 0 Å². The zero-order valence-corrected chi connectivity index (χ0v) is 12.5. The molecule has 0 radical (unpaired) electrons. The van der Waals surface area contributed by atoms with Crippen LogP contribution in [0.2, 0.25) is 0 Å². The summed E-state index contributed by atoms with van der Waals surface area (Å²) in [6, 6.07) is 10.2. The molecule has 0 amide bonds. The summed E-state index contributed by atoms with van der Waals surface area (Å²) in [5.74, 6) is 0.452. The van der Waals surface area contributed by atoms with Gasteiger partial charge in [-0.05, 0) is 12.5 Å². The normalized spacial score (nSPS) is 12.7. The smallest absolute Gasteiger partial charge is 0.189 e. The van der Waals surface area contributed by atoms with Gasteiger partial charge in [0.25, 0.3) is 0 Å². The van der Waals surface area contributed by atoms with Crippen LogP contribution in [0, 0.1) is 0 Å². The zero-order chi connectivity index (χ0) is 11.8. The third-order valence-corrected chi connectivity index (χ3v) is 2.09. The molecule has 0 aliphatic heterocycles. The molecule has 1 atom stereocenters. The Morgan fingerprint density at radius 1 is 1.41 bits per heavy atom. The molecule has 1 unspecified atom stereocenters. The van der Waals surface area contributed by atoms with Gasteiger partial charge in [0, 0.05) is 13.2 Å². The van der Waals surface area contributed by atoms with Gasteiger partial charge in [-0.3, -0.25) is 0 Å². The molecule has 0 heterocycles. The van der Waals surface area contributed by atoms with Crippen molar-refractivity contribution < 1.29 is 4.74 Å². The van der Waals surface area contributed by atoms with Crippen molar-refractivity contribution in [2.45, 2.75) is 19.5 Å². The third-order valence-electron chi connectivity index (χ3n) is 2.09. The Bertz CT molecular complexity index is 330. The first-order chi connectivity index (χ1) is 7.72. The molecule has 0 bridgehead atoms. The largest absolute Gasteiger partial charge is 0.383 e. The minimum atomic E-state index is 0. The predicted octanol–water partition coefficient (Wildman–Crippen LogP) is 1.74. The molecular formula is C12H20IN3O. The number of rotatable bonds is 5. The van der Waals surface area contributed by atoms with Crippen LogP contribution in [0.1, 0.15) is 12.5 Å². The summed E-state index contributed by atoms with van der Waals surface area (Å²) in [4.78, 5) is 4.24. The lowest BCUT2D eigenvalue weighted by Gasteiger charge is -2.12. The van der Waals surface area contributed by atoms with E-state index in [2.05, 4.69) is 10.3 Å². The second kappa shape index (κ2) is 9.23. The predicted molar refractivity (Wildman–Crippen MR) is 81.7 cm³/mol. The maximum atomic E-state index is 5.74. The molecule has 0 spiro atoms. The number of hydrogen-bond donors (Lipinski definition) is 2. The van der Waals surface area contributed by atoms with Gasteiger partial charge in [-0.2, -0.15) is 0 Å². The lowest BCUT2D eigenvalue weighted by Crippen LogP contribution is -2.40. The van der Waals surface area contributed by atoms with Crippen LogP contribution < -0.4 is 11.1 Å². The van der Waals surface area contributed by atoms with E-state index in [1.54, 1.807) is 7.11 Å². The van der Waals surface area contributed by atoms with Crippen LogP contribution >= 0.6 is 24.0 Å². The lowest BCUT2D eigenvalue weighted by atomic mass is 10.2. The summed E-state index contributed by atoms with van der Waals surface area (Å²) in [7, 11) is 1.66. The van der Waals surface area contributed by atoms with Gasteiger partial charge in [0.2, 0.25) is 0 Å². The summed E-state index contributed by atoms with van der Waals surface area (Å²) >= 11 is 0. The highest BCUT2D eigenvalue weighted by atomic mass is 127. The number of guanidine groups is 1. The standard InChI is InChI=1S/C12H19N3O.HI/c1-10(9-16-2)15-12(13)14-8-11-6-4-3-5-7-11;/h3-7,10H,8-9H2,1-2H3,(H3,13,14,15);1H. The maximum Gasteiger partial charge on any atom is 0.189 e. The Morgan fingerprint density at radius 3 is 2.65 bits per heavy atom. The van der Waals surface area contributed by atoms with Gasteiger partial charge in [-0.25, -0.2) is 4.99 Å². The first-order valence-electron chi connectivity index (χ1n) is 5.31. The Labute approximate surface area is 120 Å². The van der Waals surface area contributed by atoms with E-state index in [0.29, 0.717) is 19.1 Å². The van der Waals surface area contributed by atoms with E-state index in [9.17, 15) is 0 Å². The average Bonchev–Trinajstić information content (AvgIpc) is 2.28. The van der Waals surface area contributed by atoms with E-state index in [0.717, 1.165) is 5.56 Å². The van der Waals surface area contributed by atoms with Crippen LogP contribution in [-0.2, 0) is 11.3 Å². The third kappa shape index (κ3) is 7.17. The van der Waals surface area contributed by atoms with Crippen LogP contribution in [0.15, 0.2) is 35.3 Å². The number of nitrogens with zero attached hydrogens (tertiary/aromatic N) is 1. The first-order valence-corrected chi connectivity index (χ1v) is 5.31. The van der Waals surface area contributed by atoms with Crippen LogP contribution in [0.25, 0.3) is 0 Å². The molecule has 5 heteroatoms.